The van der Waals surface area contributed by atoms with E-state index in [4.69, 9.17) is 0 Å². The fourth-order valence-corrected chi connectivity index (χ4v) is 2.29. The van der Waals surface area contributed by atoms with Crippen LogP contribution in [0.4, 0.5) is 0 Å². The van der Waals surface area contributed by atoms with E-state index in [9.17, 15) is 0 Å². The first-order valence-electron chi connectivity index (χ1n) is 4.11. The average Bonchev–Trinajstić information content (AvgIpc) is 2.60. The molecule has 2 heteroatoms. The fraction of sp³-hybridized carbons (Fsp3) is 0.667. The van der Waals surface area contributed by atoms with E-state index in [0.717, 1.165) is 18.4 Å². The molecule has 1 saturated carbocycles. The van der Waals surface area contributed by atoms with Crippen molar-refractivity contribution in [2.24, 2.45) is 16.8 Å². The largest absolute Gasteiger partial charge is 0.232 e. The Kier molecular flexibility index (Phi) is 1.89. The number of fused-ring (bicyclic) bond motifs is 2. The van der Waals surface area contributed by atoms with Gasteiger partial charge >= 0.3 is 0 Å². The van der Waals surface area contributed by atoms with Crippen molar-refractivity contribution in [2.45, 2.75) is 19.3 Å². The molecule has 0 heterocycles. The van der Waals surface area contributed by atoms with Crippen LogP contribution < -0.4 is 0 Å². The van der Waals surface area contributed by atoms with E-state index in [1.165, 1.54) is 19.3 Å². The zero-order chi connectivity index (χ0) is 7.68. The summed E-state index contributed by atoms with van der Waals surface area (Å²) in [4.78, 5) is 4.01. The molecule has 11 heavy (non-hydrogen) atoms. The quantitative estimate of drug-likeness (QED) is 0.348. The third-order valence-electron chi connectivity index (χ3n) is 2.82. The lowest BCUT2D eigenvalue weighted by Crippen LogP contribution is -2.10. The number of aliphatic imine (C=N–C) groups is 1. The number of allylic oxidation sites excluding steroid dienone is 2. The third kappa shape index (κ3) is 1.29. The van der Waals surface area contributed by atoms with E-state index in [1.54, 1.807) is 5.57 Å². The van der Waals surface area contributed by atoms with Crippen LogP contribution in [-0.2, 0) is 0 Å². The highest BCUT2D eigenvalue weighted by Crippen LogP contribution is 2.43. The zero-order valence-corrected chi connectivity index (χ0v) is 7.23. The first-order valence-corrected chi connectivity index (χ1v) is 4.52. The van der Waals surface area contributed by atoms with E-state index in [1.807, 2.05) is 0 Å². The minimum absolute atomic E-state index is 0.783. The van der Waals surface area contributed by atoms with Gasteiger partial charge in [0.2, 0.25) is 0 Å². The monoisotopic (exact) mass is 165 g/mol. The Morgan fingerprint density at radius 1 is 1.64 bits per heavy atom. The van der Waals surface area contributed by atoms with Crippen LogP contribution in [0.15, 0.2) is 16.6 Å². The molecule has 0 aromatic carbocycles. The number of hydrogen-bond acceptors (Lipinski definition) is 2. The number of nitrogens with zero attached hydrogens (tertiary/aromatic N) is 1. The van der Waals surface area contributed by atoms with Crippen molar-refractivity contribution < 1.29 is 0 Å². The maximum absolute atomic E-state index is 4.54. The van der Waals surface area contributed by atoms with Gasteiger partial charge < -0.3 is 0 Å². The summed E-state index contributed by atoms with van der Waals surface area (Å²) < 4.78 is 0. The van der Waals surface area contributed by atoms with Crippen LogP contribution in [0.2, 0.25) is 0 Å². The second kappa shape index (κ2) is 2.88. The maximum Gasteiger partial charge on any atom is 0.0585 e. The number of isothiocyanates is 1. The highest BCUT2D eigenvalue weighted by molar-refractivity contribution is 7.78. The van der Waals surface area contributed by atoms with E-state index < -0.39 is 0 Å². The van der Waals surface area contributed by atoms with Crippen molar-refractivity contribution in [1.82, 2.24) is 0 Å². The second-order valence-corrected chi connectivity index (χ2v) is 3.64. The van der Waals surface area contributed by atoms with Crippen LogP contribution >= 0.6 is 12.2 Å². The van der Waals surface area contributed by atoms with Crippen molar-refractivity contribution in [3.63, 3.8) is 0 Å². The van der Waals surface area contributed by atoms with Gasteiger partial charge in [0.25, 0.3) is 0 Å². The molecule has 2 atom stereocenters. The highest BCUT2D eigenvalue weighted by atomic mass is 32.1. The van der Waals surface area contributed by atoms with Gasteiger partial charge in [-0.3, -0.25) is 0 Å². The molecule has 0 N–H and O–H groups in total. The molecule has 1 fully saturated rings. The Balaban J connectivity index is 1.98. The Bertz CT molecular complexity index is 238. The molecule has 0 radical (unpaired) electrons. The SMILES string of the molecule is S=C=NCC1CC2=CCC1C2. The van der Waals surface area contributed by atoms with Crippen LogP contribution in [0.25, 0.3) is 0 Å². The molecule has 2 unspecified atom stereocenters. The molecule has 58 valence electrons. The summed E-state index contributed by atoms with van der Waals surface area (Å²) in [6, 6.07) is 0. The Hall–Kier alpha value is -0.460. The van der Waals surface area contributed by atoms with E-state index in [0.29, 0.717) is 0 Å². The zero-order valence-electron chi connectivity index (χ0n) is 6.42. The smallest absolute Gasteiger partial charge is 0.0585 e. The second-order valence-electron chi connectivity index (χ2n) is 3.46. The molecular weight excluding hydrogens is 154 g/mol. The molecule has 0 aliphatic heterocycles. The number of thiocarbonyl (C=S) groups is 1. The van der Waals surface area contributed by atoms with Crippen molar-refractivity contribution >= 4 is 17.4 Å². The molecular formula is C9H11NS. The lowest BCUT2D eigenvalue weighted by Gasteiger charge is -2.14. The summed E-state index contributed by atoms with van der Waals surface area (Å²) in [6.45, 7) is 0.908. The van der Waals surface area contributed by atoms with Crippen molar-refractivity contribution in [3.05, 3.63) is 11.6 Å². The summed E-state index contributed by atoms with van der Waals surface area (Å²) >= 11 is 4.54. The molecule has 0 amide bonds. The normalized spacial score (nSPS) is 33.3. The van der Waals surface area contributed by atoms with Crippen LogP contribution in [-0.4, -0.2) is 11.7 Å². The molecule has 0 saturated heterocycles. The van der Waals surface area contributed by atoms with Crippen molar-refractivity contribution in [3.8, 4) is 0 Å². The van der Waals surface area contributed by atoms with Crippen LogP contribution in [0.1, 0.15) is 19.3 Å². The predicted octanol–water partition coefficient (Wildman–Crippen LogP) is 2.45. The standard InChI is InChI=1S/C9H11NS/c11-6-10-5-9-4-7-1-2-8(9)3-7/h1,8-9H,2-5H2. The highest BCUT2D eigenvalue weighted by Gasteiger charge is 2.33. The molecule has 0 aromatic heterocycles. The Labute approximate surface area is 72.2 Å². The minimum atomic E-state index is 0.783. The van der Waals surface area contributed by atoms with E-state index >= 15 is 0 Å². The van der Waals surface area contributed by atoms with Gasteiger partial charge in [0.15, 0.2) is 0 Å². The number of hydrogen-bond donors (Lipinski definition) is 0. The van der Waals surface area contributed by atoms with Gasteiger partial charge in [-0.05, 0) is 43.3 Å². The predicted molar refractivity (Wildman–Crippen MR) is 48.8 cm³/mol. The number of rotatable bonds is 2. The lowest BCUT2D eigenvalue weighted by molar-refractivity contribution is 0.401. The van der Waals surface area contributed by atoms with Gasteiger partial charge in [0, 0.05) is 0 Å². The van der Waals surface area contributed by atoms with E-state index in [-0.39, 0.29) is 0 Å². The molecule has 2 aliphatic rings. The average molecular weight is 165 g/mol. The maximum atomic E-state index is 4.54. The summed E-state index contributed by atoms with van der Waals surface area (Å²) in [5.74, 6) is 1.67. The summed E-state index contributed by atoms with van der Waals surface area (Å²) in [6.07, 6.45) is 6.28. The van der Waals surface area contributed by atoms with Crippen LogP contribution in [0.3, 0.4) is 0 Å². The first-order chi connectivity index (χ1) is 5.40. The summed E-state index contributed by atoms with van der Waals surface area (Å²) in [7, 11) is 0. The third-order valence-corrected chi connectivity index (χ3v) is 2.94. The van der Waals surface area contributed by atoms with Crippen LogP contribution in [0.5, 0.6) is 0 Å². The first kappa shape index (κ1) is 7.20. The van der Waals surface area contributed by atoms with E-state index in [2.05, 4.69) is 28.4 Å². The molecule has 0 spiro atoms. The van der Waals surface area contributed by atoms with Gasteiger partial charge in [-0.15, -0.1) is 0 Å². The van der Waals surface area contributed by atoms with Gasteiger partial charge in [0.1, 0.15) is 0 Å². The Morgan fingerprint density at radius 2 is 2.55 bits per heavy atom. The molecule has 1 nitrogen and oxygen atoms in total. The Morgan fingerprint density at radius 3 is 3.09 bits per heavy atom. The molecule has 0 aromatic rings. The van der Waals surface area contributed by atoms with Crippen molar-refractivity contribution in [2.75, 3.05) is 6.54 Å². The molecule has 2 aliphatic carbocycles. The summed E-state index contributed by atoms with van der Waals surface area (Å²) in [5.41, 5.74) is 1.65. The molecule has 2 rings (SSSR count). The van der Waals surface area contributed by atoms with Crippen LogP contribution in [0, 0.1) is 11.8 Å². The summed E-state index contributed by atoms with van der Waals surface area (Å²) in [5, 5.41) is 2.44. The van der Waals surface area contributed by atoms with Gasteiger partial charge in [-0.1, -0.05) is 11.6 Å². The molecule has 2 bridgehead atoms. The fourth-order valence-electron chi connectivity index (χ4n) is 2.22. The minimum Gasteiger partial charge on any atom is -0.232 e. The lowest BCUT2D eigenvalue weighted by atomic mass is 9.92. The van der Waals surface area contributed by atoms with Gasteiger partial charge in [-0.25, -0.2) is 4.99 Å². The van der Waals surface area contributed by atoms with Crippen molar-refractivity contribution in [1.29, 1.82) is 0 Å². The van der Waals surface area contributed by atoms with Gasteiger partial charge in [-0.2, -0.15) is 0 Å². The van der Waals surface area contributed by atoms with Gasteiger partial charge in [0.05, 0.1) is 11.7 Å². The topological polar surface area (TPSA) is 12.4 Å².